The molecular weight excluding hydrogens is 448 g/mol. The van der Waals surface area contributed by atoms with Crippen LogP contribution in [0, 0.1) is 5.92 Å². The monoisotopic (exact) mass is 472 g/mol. The highest BCUT2D eigenvalue weighted by Gasteiger charge is 2.37. The summed E-state index contributed by atoms with van der Waals surface area (Å²) in [5, 5.41) is 0.618. The number of fused-ring (bicyclic) bond motifs is 1. The topological polar surface area (TPSA) is 75.6 Å². The highest BCUT2D eigenvalue weighted by molar-refractivity contribution is 7.22. The summed E-state index contributed by atoms with van der Waals surface area (Å²) in [6, 6.07) is 21.1. The molecule has 2 amide bonds. The van der Waals surface area contributed by atoms with E-state index in [1.165, 1.54) is 11.3 Å². The number of amides is 2. The molecule has 2 aromatic carbocycles. The van der Waals surface area contributed by atoms with Crippen molar-refractivity contribution in [2.75, 3.05) is 18.6 Å². The number of methoxy groups -OCH3 is 1. The number of thiazole rings is 1. The highest BCUT2D eigenvalue weighted by Crippen LogP contribution is 2.34. The lowest BCUT2D eigenvalue weighted by molar-refractivity contribution is -0.129. The maximum atomic E-state index is 13.8. The van der Waals surface area contributed by atoms with Gasteiger partial charge in [0.25, 0.3) is 0 Å². The number of anilines is 1. The summed E-state index contributed by atoms with van der Waals surface area (Å²) in [4.78, 5) is 39.0. The molecule has 0 N–H and O–H groups in total. The van der Waals surface area contributed by atoms with Crippen LogP contribution in [0.25, 0.3) is 10.2 Å². The molecule has 7 nitrogen and oxygen atoms in total. The lowest BCUT2D eigenvalue weighted by Crippen LogP contribution is -2.37. The van der Waals surface area contributed by atoms with Crippen molar-refractivity contribution >= 4 is 38.5 Å². The van der Waals surface area contributed by atoms with Crippen LogP contribution in [0.3, 0.4) is 0 Å². The molecule has 4 aromatic rings. The molecule has 5 rings (SSSR count). The number of pyridine rings is 1. The summed E-state index contributed by atoms with van der Waals surface area (Å²) >= 11 is 1.45. The van der Waals surface area contributed by atoms with Gasteiger partial charge >= 0.3 is 0 Å². The van der Waals surface area contributed by atoms with Gasteiger partial charge in [0.2, 0.25) is 11.8 Å². The van der Waals surface area contributed by atoms with Crippen LogP contribution >= 0.6 is 11.3 Å². The number of likely N-dealkylation sites (tertiary alicyclic amines) is 1. The first-order chi connectivity index (χ1) is 16.6. The van der Waals surface area contributed by atoms with E-state index in [0.717, 1.165) is 27.2 Å². The van der Waals surface area contributed by atoms with E-state index >= 15 is 0 Å². The van der Waals surface area contributed by atoms with Crippen molar-refractivity contribution in [1.29, 1.82) is 0 Å². The minimum absolute atomic E-state index is 0.0299. The molecule has 1 atom stereocenters. The predicted octanol–water partition coefficient (Wildman–Crippen LogP) is 4.28. The van der Waals surface area contributed by atoms with E-state index in [9.17, 15) is 9.59 Å². The molecule has 0 aliphatic carbocycles. The molecule has 34 heavy (non-hydrogen) atoms. The van der Waals surface area contributed by atoms with Crippen molar-refractivity contribution in [3.8, 4) is 5.75 Å². The lowest BCUT2D eigenvalue weighted by Gasteiger charge is -2.23. The minimum atomic E-state index is -0.429. The number of nitrogens with zero attached hydrogens (tertiary/aromatic N) is 4. The van der Waals surface area contributed by atoms with Gasteiger partial charge < -0.3 is 9.64 Å². The maximum absolute atomic E-state index is 13.8. The van der Waals surface area contributed by atoms with E-state index in [2.05, 4.69) is 4.98 Å². The third-order valence-electron chi connectivity index (χ3n) is 5.91. The maximum Gasteiger partial charge on any atom is 0.234 e. The van der Waals surface area contributed by atoms with Gasteiger partial charge in [0.15, 0.2) is 5.13 Å². The van der Waals surface area contributed by atoms with Gasteiger partial charge in [-0.15, -0.1) is 0 Å². The van der Waals surface area contributed by atoms with Crippen LogP contribution in [0.5, 0.6) is 5.75 Å². The molecule has 1 saturated heterocycles. The fourth-order valence-corrected chi connectivity index (χ4v) is 5.14. The number of hydrogen-bond acceptors (Lipinski definition) is 6. The van der Waals surface area contributed by atoms with E-state index in [1.807, 2.05) is 66.7 Å². The van der Waals surface area contributed by atoms with Gasteiger partial charge in [0, 0.05) is 19.2 Å². The van der Waals surface area contributed by atoms with Crippen LogP contribution in [0.2, 0.25) is 0 Å². The Bertz CT molecular complexity index is 1310. The molecule has 2 aromatic heterocycles. The Hall–Kier alpha value is -3.78. The van der Waals surface area contributed by atoms with Crippen molar-refractivity contribution < 1.29 is 14.3 Å². The molecule has 0 saturated carbocycles. The molecule has 1 aliphatic heterocycles. The number of aromatic nitrogens is 2. The van der Waals surface area contributed by atoms with E-state index < -0.39 is 5.92 Å². The summed E-state index contributed by atoms with van der Waals surface area (Å²) in [7, 11) is 1.63. The summed E-state index contributed by atoms with van der Waals surface area (Å²) in [5.41, 5.74) is 2.62. The van der Waals surface area contributed by atoms with Crippen molar-refractivity contribution in [3.63, 3.8) is 0 Å². The first-order valence-corrected chi connectivity index (χ1v) is 11.9. The molecule has 172 valence electrons. The first-order valence-electron chi connectivity index (χ1n) is 11.1. The molecule has 1 fully saturated rings. The van der Waals surface area contributed by atoms with Gasteiger partial charge in [-0.3, -0.25) is 19.5 Å². The minimum Gasteiger partial charge on any atom is -0.497 e. The van der Waals surface area contributed by atoms with Crippen molar-refractivity contribution in [3.05, 3.63) is 84.2 Å². The molecule has 0 bridgehead atoms. The van der Waals surface area contributed by atoms with Crippen molar-refractivity contribution in [1.82, 2.24) is 14.9 Å². The molecular formula is C26H24N4O3S. The zero-order chi connectivity index (χ0) is 23.5. The molecule has 8 heteroatoms. The zero-order valence-corrected chi connectivity index (χ0v) is 19.6. The summed E-state index contributed by atoms with van der Waals surface area (Å²) in [6.45, 7) is 1.17. The van der Waals surface area contributed by atoms with E-state index in [-0.39, 0.29) is 18.2 Å². The lowest BCUT2D eigenvalue weighted by atomic mass is 10.1. The van der Waals surface area contributed by atoms with Crippen LogP contribution in [0.4, 0.5) is 5.13 Å². The van der Waals surface area contributed by atoms with Crippen LogP contribution < -0.4 is 9.64 Å². The molecule has 1 unspecified atom stereocenters. The quantitative estimate of drug-likeness (QED) is 0.401. The molecule has 1 aliphatic rings. The van der Waals surface area contributed by atoms with Gasteiger partial charge in [0.05, 0.1) is 42.0 Å². The average molecular weight is 473 g/mol. The Morgan fingerprint density at radius 2 is 1.97 bits per heavy atom. The second-order valence-electron chi connectivity index (χ2n) is 8.24. The third-order valence-corrected chi connectivity index (χ3v) is 6.95. The smallest absolute Gasteiger partial charge is 0.234 e. The zero-order valence-electron chi connectivity index (χ0n) is 18.8. The number of benzene rings is 2. The largest absolute Gasteiger partial charge is 0.497 e. The molecule has 0 spiro atoms. The van der Waals surface area contributed by atoms with Gasteiger partial charge in [-0.2, -0.15) is 0 Å². The van der Waals surface area contributed by atoms with Crippen LogP contribution in [0.15, 0.2) is 72.9 Å². The third kappa shape index (κ3) is 4.63. The van der Waals surface area contributed by atoms with Crippen LogP contribution in [-0.4, -0.2) is 40.3 Å². The fourth-order valence-electron chi connectivity index (χ4n) is 4.14. The Morgan fingerprint density at radius 1 is 1.15 bits per heavy atom. The van der Waals surface area contributed by atoms with Crippen LogP contribution in [-0.2, 0) is 22.7 Å². The van der Waals surface area contributed by atoms with Gasteiger partial charge in [-0.25, -0.2) is 4.98 Å². The Kier molecular flexibility index (Phi) is 6.22. The first kappa shape index (κ1) is 22.0. The number of rotatable bonds is 7. The summed E-state index contributed by atoms with van der Waals surface area (Å²) in [5.74, 6) is 0.195. The Morgan fingerprint density at radius 3 is 2.74 bits per heavy atom. The average Bonchev–Trinajstić information content (AvgIpc) is 3.46. The number of carbonyl (C=O) groups is 2. The van der Waals surface area contributed by atoms with Gasteiger partial charge in [0.1, 0.15) is 5.75 Å². The standard InChI is InChI=1S/C26H24N4O3S/c1-33-21-10-11-22-23(14-21)34-26(28-22)30(15-18-7-3-2-4-8-18)25(32)19-13-24(31)29(16-19)17-20-9-5-6-12-27-20/h2-12,14,19H,13,15-17H2,1H3. The van der Waals surface area contributed by atoms with E-state index in [1.54, 1.807) is 23.1 Å². The SMILES string of the molecule is COc1ccc2nc(N(Cc3ccccc3)C(=O)C3CC(=O)N(Cc4ccccn4)C3)sc2c1. The van der Waals surface area contributed by atoms with E-state index in [4.69, 9.17) is 9.72 Å². The van der Waals surface area contributed by atoms with Crippen molar-refractivity contribution in [2.24, 2.45) is 5.92 Å². The summed E-state index contributed by atoms with van der Waals surface area (Å²) in [6.07, 6.45) is 1.90. The van der Waals surface area contributed by atoms with Gasteiger partial charge in [-0.05, 0) is 35.9 Å². The number of ether oxygens (including phenoxy) is 1. The van der Waals surface area contributed by atoms with Crippen molar-refractivity contribution in [2.45, 2.75) is 19.5 Å². The second-order valence-corrected chi connectivity index (χ2v) is 9.25. The summed E-state index contributed by atoms with van der Waals surface area (Å²) < 4.78 is 6.28. The molecule has 0 radical (unpaired) electrons. The van der Waals surface area contributed by atoms with Gasteiger partial charge in [-0.1, -0.05) is 47.7 Å². The predicted molar refractivity (Wildman–Crippen MR) is 132 cm³/mol. The highest BCUT2D eigenvalue weighted by atomic mass is 32.1. The number of hydrogen-bond donors (Lipinski definition) is 0. The Labute approximate surface area is 201 Å². The van der Waals surface area contributed by atoms with Crippen LogP contribution in [0.1, 0.15) is 17.7 Å². The fraction of sp³-hybridized carbons (Fsp3) is 0.231. The normalized spacial score (nSPS) is 15.6. The van der Waals surface area contributed by atoms with E-state index in [0.29, 0.717) is 24.8 Å². The number of carbonyl (C=O) groups excluding carboxylic acids is 2. The Balaban J connectivity index is 1.42. The molecule has 3 heterocycles. The second kappa shape index (κ2) is 9.61.